The molecular weight excluding hydrogens is 148 g/mol. The van der Waals surface area contributed by atoms with Crippen LogP contribution in [0.3, 0.4) is 0 Å². The molecule has 0 aliphatic rings. The number of anilines is 1. The Kier molecular flexibility index (Phi) is 2.35. The second-order valence-electron chi connectivity index (χ2n) is 2.90. The monoisotopic (exact) mass is 160 g/mol. The summed E-state index contributed by atoms with van der Waals surface area (Å²) in [5.74, 6) is 0. The number of nitrogens with two attached hydrogens (primary N) is 1. The lowest BCUT2D eigenvalue weighted by molar-refractivity contribution is 1.18. The Hall–Kier alpha value is -1.49. The zero-order valence-electron chi connectivity index (χ0n) is 7.39. The third kappa shape index (κ3) is 1.40. The predicted molar refractivity (Wildman–Crippen MR) is 49.6 cm³/mol. The van der Waals surface area contributed by atoms with Crippen LogP contribution in [0.1, 0.15) is 16.7 Å². The minimum absolute atomic E-state index is 0.465. The number of nitriles is 1. The summed E-state index contributed by atoms with van der Waals surface area (Å²) in [5, 5.41) is 8.52. The zero-order valence-corrected chi connectivity index (χ0v) is 7.39. The summed E-state index contributed by atoms with van der Waals surface area (Å²) in [6, 6.07) is 5.90. The van der Waals surface area contributed by atoms with Gasteiger partial charge in [0, 0.05) is 5.69 Å². The molecular formula is C10H12N2. The first-order valence-electron chi connectivity index (χ1n) is 3.88. The van der Waals surface area contributed by atoms with Gasteiger partial charge in [-0.2, -0.15) is 5.26 Å². The highest BCUT2D eigenvalue weighted by atomic mass is 14.6. The molecule has 2 N–H and O–H groups in total. The van der Waals surface area contributed by atoms with Crippen LogP contribution < -0.4 is 5.73 Å². The molecule has 0 saturated heterocycles. The Morgan fingerprint density at radius 2 is 2.00 bits per heavy atom. The maximum atomic E-state index is 8.52. The second-order valence-corrected chi connectivity index (χ2v) is 2.90. The molecule has 1 rings (SSSR count). The Labute approximate surface area is 72.6 Å². The van der Waals surface area contributed by atoms with Crippen molar-refractivity contribution in [3.05, 3.63) is 28.8 Å². The molecule has 0 spiro atoms. The van der Waals surface area contributed by atoms with Crippen molar-refractivity contribution in [2.75, 3.05) is 5.73 Å². The Balaban J connectivity index is 3.19. The van der Waals surface area contributed by atoms with Gasteiger partial charge in [-0.1, -0.05) is 6.07 Å². The third-order valence-electron chi connectivity index (χ3n) is 2.21. The first kappa shape index (κ1) is 8.61. The van der Waals surface area contributed by atoms with E-state index in [9.17, 15) is 0 Å². The molecule has 2 nitrogen and oxygen atoms in total. The molecule has 62 valence electrons. The van der Waals surface area contributed by atoms with Crippen molar-refractivity contribution in [2.45, 2.75) is 20.3 Å². The van der Waals surface area contributed by atoms with Gasteiger partial charge in [-0.05, 0) is 36.6 Å². The summed E-state index contributed by atoms with van der Waals surface area (Å²) in [6.45, 7) is 3.98. The van der Waals surface area contributed by atoms with Crippen molar-refractivity contribution >= 4 is 5.69 Å². The Bertz CT molecular complexity index is 334. The van der Waals surface area contributed by atoms with Crippen LogP contribution in [0.4, 0.5) is 5.69 Å². The highest BCUT2D eigenvalue weighted by Crippen LogP contribution is 2.19. The Morgan fingerprint density at radius 3 is 2.58 bits per heavy atom. The lowest BCUT2D eigenvalue weighted by atomic mass is 10.00. The highest BCUT2D eigenvalue weighted by molar-refractivity contribution is 5.53. The molecule has 0 atom stereocenters. The van der Waals surface area contributed by atoms with Crippen LogP contribution in [-0.4, -0.2) is 0 Å². The van der Waals surface area contributed by atoms with Gasteiger partial charge in [0.25, 0.3) is 0 Å². The molecule has 12 heavy (non-hydrogen) atoms. The van der Waals surface area contributed by atoms with Crippen LogP contribution in [0.5, 0.6) is 0 Å². The van der Waals surface area contributed by atoms with Crippen LogP contribution in [0.15, 0.2) is 12.1 Å². The van der Waals surface area contributed by atoms with Crippen molar-refractivity contribution in [3.63, 3.8) is 0 Å². The van der Waals surface area contributed by atoms with E-state index in [1.54, 1.807) is 0 Å². The summed E-state index contributed by atoms with van der Waals surface area (Å²) < 4.78 is 0. The van der Waals surface area contributed by atoms with Crippen LogP contribution in [0.25, 0.3) is 0 Å². The predicted octanol–water partition coefficient (Wildman–Crippen LogP) is 1.95. The summed E-state index contributed by atoms with van der Waals surface area (Å²) in [7, 11) is 0. The molecule has 0 aromatic heterocycles. The van der Waals surface area contributed by atoms with Gasteiger partial charge in [-0.25, -0.2) is 0 Å². The first-order valence-corrected chi connectivity index (χ1v) is 3.88. The molecule has 0 radical (unpaired) electrons. The molecule has 0 aliphatic heterocycles. The molecule has 0 bridgehead atoms. The maximum Gasteiger partial charge on any atom is 0.0669 e. The van der Waals surface area contributed by atoms with E-state index in [-0.39, 0.29) is 0 Å². The van der Waals surface area contributed by atoms with E-state index in [2.05, 4.69) is 6.07 Å². The van der Waals surface area contributed by atoms with Gasteiger partial charge in [0.05, 0.1) is 12.5 Å². The average Bonchev–Trinajstić information content (AvgIpc) is 2.07. The van der Waals surface area contributed by atoms with E-state index in [1.807, 2.05) is 26.0 Å². The topological polar surface area (TPSA) is 49.8 Å². The summed E-state index contributed by atoms with van der Waals surface area (Å²) in [4.78, 5) is 0. The fourth-order valence-corrected chi connectivity index (χ4v) is 1.17. The lowest BCUT2D eigenvalue weighted by Crippen LogP contribution is -1.96. The van der Waals surface area contributed by atoms with Crippen molar-refractivity contribution in [1.29, 1.82) is 5.26 Å². The van der Waals surface area contributed by atoms with E-state index in [1.165, 1.54) is 0 Å². The van der Waals surface area contributed by atoms with E-state index in [4.69, 9.17) is 11.0 Å². The molecule has 0 saturated carbocycles. The van der Waals surface area contributed by atoms with Gasteiger partial charge >= 0.3 is 0 Å². The Morgan fingerprint density at radius 1 is 1.33 bits per heavy atom. The summed E-state index contributed by atoms with van der Waals surface area (Å²) >= 11 is 0. The standard InChI is InChI=1S/C10H12N2/c1-7-8(2)10(12)4-3-9(7)5-6-11/h3-4H,5,12H2,1-2H3. The molecule has 1 aromatic carbocycles. The van der Waals surface area contributed by atoms with Gasteiger partial charge in [0.2, 0.25) is 0 Å². The maximum absolute atomic E-state index is 8.52. The average molecular weight is 160 g/mol. The van der Waals surface area contributed by atoms with Crippen LogP contribution in [-0.2, 0) is 6.42 Å². The SMILES string of the molecule is Cc1c(N)ccc(CC#N)c1C. The zero-order chi connectivity index (χ0) is 9.14. The van der Waals surface area contributed by atoms with E-state index in [0.717, 1.165) is 22.4 Å². The minimum atomic E-state index is 0.465. The van der Waals surface area contributed by atoms with Crippen molar-refractivity contribution < 1.29 is 0 Å². The number of rotatable bonds is 1. The number of nitrogen functional groups attached to an aromatic ring is 1. The quantitative estimate of drug-likeness (QED) is 0.638. The number of nitrogens with zero attached hydrogens (tertiary/aromatic N) is 1. The fraction of sp³-hybridized carbons (Fsp3) is 0.300. The smallest absolute Gasteiger partial charge is 0.0669 e. The van der Waals surface area contributed by atoms with Crippen LogP contribution in [0.2, 0.25) is 0 Å². The van der Waals surface area contributed by atoms with Crippen molar-refractivity contribution in [1.82, 2.24) is 0 Å². The van der Waals surface area contributed by atoms with E-state index in [0.29, 0.717) is 6.42 Å². The highest BCUT2D eigenvalue weighted by Gasteiger charge is 2.02. The normalized spacial score (nSPS) is 9.42. The largest absolute Gasteiger partial charge is 0.399 e. The number of hydrogen-bond donors (Lipinski definition) is 1. The molecule has 0 aliphatic carbocycles. The lowest BCUT2D eigenvalue weighted by Gasteiger charge is -2.07. The number of hydrogen-bond acceptors (Lipinski definition) is 2. The molecule has 1 aromatic rings. The van der Waals surface area contributed by atoms with Gasteiger partial charge in [-0.15, -0.1) is 0 Å². The fourth-order valence-electron chi connectivity index (χ4n) is 1.17. The molecule has 0 unspecified atom stereocenters. The van der Waals surface area contributed by atoms with Gasteiger partial charge < -0.3 is 5.73 Å². The molecule has 0 fully saturated rings. The van der Waals surface area contributed by atoms with Crippen molar-refractivity contribution in [3.8, 4) is 6.07 Å². The molecule has 0 amide bonds. The number of benzene rings is 1. The summed E-state index contributed by atoms with van der Waals surface area (Å²) in [5.41, 5.74) is 9.80. The van der Waals surface area contributed by atoms with E-state index < -0.39 is 0 Å². The first-order chi connectivity index (χ1) is 5.66. The van der Waals surface area contributed by atoms with Crippen LogP contribution >= 0.6 is 0 Å². The van der Waals surface area contributed by atoms with Crippen LogP contribution in [0, 0.1) is 25.2 Å². The second kappa shape index (κ2) is 3.27. The third-order valence-corrected chi connectivity index (χ3v) is 2.21. The van der Waals surface area contributed by atoms with Gasteiger partial charge in [0.15, 0.2) is 0 Å². The minimum Gasteiger partial charge on any atom is -0.399 e. The molecule has 2 heteroatoms. The summed E-state index contributed by atoms with van der Waals surface area (Å²) in [6.07, 6.45) is 0.465. The van der Waals surface area contributed by atoms with E-state index >= 15 is 0 Å². The van der Waals surface area contributed by atoms with Gasteiger partial charge in [-0.3, -0.25) is 0 Å². The molecule has 0 heterocycles. The van der Waals surface area contributed by atoms with Gasteiger partial charge in [0.1, 0.15) is 0 Å². The van der Waals surface area contributed by atoms with Crippen molar-refractivity contribution in [2.24, 2.45) is 0 Å².